The van der Waals surface area contributed by atoms with E-state index in [9.17, 15) is 19.8 Å². The lowest BCUT2D eigenvalue weighted by atomic mass is 9.96. The Bertz CT molecular complexity index is 2080. The molecule has 15 nitrogen and oxygen atoms in total. The van der Waals surface area contributed by atoms with Gasteiger partial charge < -0.3 is 62.9 Å². The highest BCUT2D eigenvalue weighted by Crippen LogP contribution is 2.34. The third-order valence-electron chi connectivity index (χ3n) is 10.2. The molecule has 0 bridgehead atoms. The molecule has 0 unspecified atom stereocenters. The number of hydrogen-bond acceptors (Lipinski definition) is 14. The lowest BCUT2D eigenvalue weighted by Gasteiger charge is -2.47. The summed E-state index contributed by atoms with van der Waals surface area (Å²) in [4.78, 5) is 25.6. The Morgan fingerprint density at radius 1 is 0.537 bits per heavy atom. The van der Waals surface area contributed by atoms with Gasteiger partial charge in [0.1, 0.15) is 55.9 Å². The molecular formula is C46H49Cl6NO14. The highest BCUT2D eigenvalue weighted by Gasteiger charge is 2.52. The summed E-state index contributed by atoms with van der Waals surface area (Å²) >= 11 is 34.4. The van der Waals surface area contributed by atoms with E-state index in [2.05, 4.69) is 5.32 Å². The van der Waals surface area contributed by atoms with Gasteiger partial charge in [-0.2, -0.15) is 0 Å². The number of ether oxygens (including phenoxy) is 10. The monoisotopic (exact) mass is 1050 g/mol. The number of hydrogen-bond donors (Lipinski definition) is 3. The second-order valence-electron chi connectivity index (χ2n) is 15.3. The van der Waals surface area contributed by atoms with Gasteiger partial charge in [0.2, 0.25) is 7.59 Å². The molecule has 4 aromatic carbocycles. The van der Waals surface area contributed by atoms with Crippen molar-refractivity contribution in [3.05, 3.63) is 144 Å². The Balaban J connectivity index is 1.29. The van der Waals surface area contributed by atoms with E-state index in [4.69, 9.17) is 117 Å². The van der Waals surface area contributed by atoms with E-state index in [1.165, 1.54) is 0 Å². The maximum Gasteiger partial charge on any atom is 0.508 e. The van der Waals surface area contributed by atoms with E-state index < -0.39 is 101 Å². The first-order valence-corrected chi connectivity index (χ1v) is 23.2. The van der Waals surface area contributed by atoms with Crippen LogP contribution in [0.25, 0.3) is 0 Å². The number of benzene rings is 4. The van der Waals surface area contributed by atoms with Crippen molar-refractivity contribution in [2.24, 2.45) is 0 Å². The normalized spacial score (nSPS) is 25.5. The molecule has 21 heteroatoms. The minimum atomic E-state index is -2.03. The van der Waals surface area contributed by atoms with E-state index in [0.717, 1.165) is 22.3 Å². The van der Waals surface area contributed by atoms with E-state index in [0.29, 0.717) is 0 Å². The van der Waals surface area contributed by atoms with Crippen molar-refractivity contribution in [1.29, 1.82) is 0 Å². The first-order chi connectivity index (χ1) is 32.1. The van der Waals surface area contributed by atoms with Crippen LogP contribution in [-0.4, -0.2) is 118 Å². The Morgan fingerprint density at radius 3 is 1.51 bits per heavy atom. The SMILES string of the molecule is O=C(N[C@@H]1[C@@H](OC(=O)OCC(Cl)(Cl)Cl)[C@H](O)[C@@H](CO[C@H]2O[C@H](COCc3ccccc3)[C@@H](OCc3ccccc3)[C@H](OCc3ccccc3)[C@H]2OCc2ccccc2)O[C@@H]1O)OCC(Cl)(Cl)Cl. The number of aliphatic hydroxyl groups is 2. The van der Waals surface area contributed by atoms with Crippen LogP contribution in [0.4, 0.5) is 9.59 Å². The molecule has 2 aliphatic heterocycles. The van der Waals surface area contributed by atoms with Crippen molar-refractivity contribution >= 4 is 81.9 Å². The van der Waals surface area contributed by atoms with Gasteiger partial charge in [-0.15, -0.1) is 0 Å². The second-order valence-corrected chi connectivity index (χ2v) is 20.3. The van der Waals surface area contributed by atoms with Crippen molar-refractivity contribution in [1.82, 2.24) is 5.32 Å². The zero-order chi connectivity index (χ0) is 47.8. The summed E-state index contributed by atoms with van der Waals surface area (Å²) in [5, 5.41) is 25.3. The number of halogens is 6. The van der Waals surface area contributed by atoms with Crippen molar-refractivity contribution < 1.29 is 67.2 Å². The van der Waals surface area contributed by atoms with Crippen LogP contribution in [0.15, 0.2) is 121 Å². The van der Waals surface area contributed by atoms with Crippen LogP contribution in [0, 0.1) is 0 Å². The number of carbonyl (C=O) groups is 2. The lowest BCUT2D eigenvalue weighted by Crippen LogP contribution is -2.66. The number of alkyl carbamates (subject to hydrolysis) is 1. The van der Waals surface area contributed by atoms with Gasteiger partial charge in [0.25, 0.3) is 0 Å². The number of aliphatic hydroxyl groups excluding tert-OH is 2. The van der Waals surface area contributed by atoms with Gasteiger partial charge in [0, 0.05) is 0 Å². The molecule has 1 amide bonds. The molecule has 2 fully saturated rings. The van der Waals surface area contributed by atoms with E-state index in [1.807, 2.05) is 121 Å². The number of alkyl halides is 6. The molecule has 67 heavy (non-hydrogen) atoms. The fraction of sp³-hybridized carbons (Fsp3) is 0.435. The highest BCUT2D eigenvalue weighted by atomic mass is 35.6. The quantitative estimate of drug-likeness (QED) is 0.0571. The first kappa shape index (κ1) is 53.2. The topological polar surface area (TPSA) is 179 Å². The highest BCUT2D eigenvalue weighted by molar-refractivity contribution is 6.68. The van der Waals surface area contributed by atoms with Gasteiger partial charge in [-0.05, 0) is 22.3 Å². The molecular weight excluding hydrogens is 1000 g/mol. The average molecular weight is 1050 g/mol. The molecule has 6 rings (SSSR count). The van der Waals surface area contributed by atoms with Crippen molar-refractivity contribution in [2.45, 2.75) is 95.4 Å². The van der Waals surface area contributed by atoms with Crippen LogP contribution in [-0.2, 0) is 73.8 Å². The summed E-state index contributed by atoms with van der Waals surface area (Å²) in [5.41, 5.74) is 3.53. The molecule has 4 aromatic rings. The molecule has 0 aliphatic carbocycles. The van der Waals surface area contributed by atoms with Crippen LogP contribution < -0.4 is 5.32 Å². The fourth-order valence-corrected chi connectivity index (χ4v) is 7.37. The Morgan fingerprint density at radius 2 is 1.00 bits per heavy atom. The molecule has 2 heterocycles. The van der Waals surface area contributed by atoms with Crippen LogP contribution in [0.5, 0.6) is 0 Å². The van der Waals surface area contributed by atoms with Crippen LogP contribution in [0.2, 0.25) is 0 Å². The Kier molecular flexibility index (Phi) is 20.7. The zero-order valence-corrected chi connectivity index (χ0v) is 40.1. The smallest absolute Gasteiger partial charge is 0.445 e. The first-order valence-electron chi connectivity index (χ1n) is 20.9. The molecule has 0 radical (unpaired) electrons. The molecule has 2 saturated heterocycles. The average Bonchev–Trinajstić information content (AvgIpc) is 3.31. The number of amides is 1. The van der Waals surface area contributed by atoms with Crippen LogP contribution in [0.3, 0.4) is 0 Å². The summed E-state index contributed by atoms with van der Waals surface area (Å²) in [6.07, 6.45) is -14.6. The summed E-state index contributed by atoms with van der Waals surface area (Å²) in [6, 6.07) is 36.5. The van der Waals surface area contributed by atoms with Gasteiger partial charge >= 0.3 is 12.2 Å². The van der Waals surface area contributed by atoms with Gasteiger partial charge in [-0.1, -0.05) is 191 Å². The largest absolute Gasteiger partial charge is 0.508 e. The molecule has 0 aromatic heterocycles. The maximum atomic E-state index is 12.9. The predicted octanol–water partition coefficient (Wildman–Crippen LogP) is 8.14. The fourth-order valence-electron chi connectivity index (χ4n) is 7.05. The zero-order valence-electron chi connectivity index (χ0n) is 35.5. The molecule has 364 valence electrons. The van der Waals surface area contributed by atoms with E-state index >= 15 is 0 Å². The van der Waals surface area contributed by atoms with Gasteiger partial charge in [-0.25, -0.2) is 9.59 Å². The summed E-state index contributed by atoms with van der Waals surface area (Å²) in [7, 11) is 0. The maximum absolute atomic E-state index is 12.9. The molecule has 0 saturated carbocycles. The number of nitrogens with one attached hydrogen (secondary N) is 1. The number of carbonyl (C=O) groups excluding carboxylic acids is 2. The molecule has 3 N–H and O–H groups in total. The van der Waals surface area contributed by atoms with Crippen molar-refractivity contribution in [2.75, 3.05) is 26.4 Å². The molecule has 2 aliphatic rings. The third kappa shape index (κ3) is 17.6. The van der Waals surface area contributed by atoms with Crippen molar-refractivity contribution in [3.8, 4) is 0 Å². The number of rotatable bonds is 20. The minimum Gasteiger partial charge on any atom is -0.445 e. The Labute approximate surface area is 417 Å². The summed E-state index contributed by atoms with van der Waals surface area (Å²) in [6.45, 7) is -1.29. The predicted molar refractivity (Wildman–Crippen MR) is 248 cm³/mol. The third-order valence-corrected chi connectivity index (χ3v) is 10.9. The van der Waals surface area contributed by atoms with E-state index in [1.54, 1.807) is 0 Å². The van der Waals surface area contributed by atoms with Gasteiger partial charge in [0.15, 0.2) is 18.7 Å². The summed E-state index contributed by atoms with van der Waals surface area (Å²) in [5.74, 6) is 0. The molecule has 0 spiro atoms. The lowest BCUT2D eigenvalue weighted by molar-refractivity contribution is -0.338. The van der Waals surface area contributed by atoms with Crippen LogP contribution >= 0.6 is 69.6 Å². The Hall–Kier alpha value is -3.20. The van der Waals surface area contributed by atoms with E-state index in [-0.39, 0.29) is 33.0 Å². The van der Waals surface area contributed by atoms with Gasteiger partial charge in [-0.3, -0.25) is 0 Å². The second kappa shape index (κ2) is 26.1. The summed E-state index contributed by atoms with van der Waals surface area (Å²) < 4.78 is 56.5. The minimum absolute atomic E-state index is 0.0139. The standard InChI is InChI=1S/C46H49Cl6NO14/c47-45(48,49)27-63-43(56)53-35-38(67-44(57)64-28-46(50,51)52)36(54)33(65-41(35)55)26-62-42-40(61-24-32-19-11-4-12-20-32)39(60-23-31-17-9-3-10-18-31)37(59-22-30-15-7-2-8-16-30)34(66-42)25-58-21-29-13-5-1-6-14-29/h1-20,33-42,54-55H,21-28H2,(H,53,56)/t33-,34-,35-,36-,37-,38-,39+,40-,41+,42+/m1/s1. The van der Waals surface area contributed by atoms with Crippen molar-refractivity contribution in [3.63, 3.8) is 0 Å². The molecule has 10 atom stereocenters. The van der Waals surface area contributed by atoms with Crippen LogP contribution in [0.1, 0.15) is 22.3 Å². The van der Waals surface area contributed by atoms with Gasteiger partial charge in [0.05, 0.1) is 39.6 Å².